The van der Waals surface area contributed by atoms with E-state index >= 15 is 0 Å². The molecule has 0 fully saturated rings. The Hall–Kier alpha value is -0.730. The molecular formula is C14H22ClNO. The van der Waals surface area contributed by atoms with E-state index in [9.17, 15) is 0 Å². The van der Waals surface area contributed by atoms with E-state index in [0.717, 1.165) is 12.3 Å². The highest BCUT2D eigenvalue weighted by Crippen LogP contribution is 2.30. The van der Waals surface area contributed by atoms with Gasteiger partial charge in [0.15, 0.2) is 0 Å². The second-order valence-corrected chi connectivity index (χ2v) is 5.59. The zero-order chi connectivity index (χ0) is 13.1. The molecule has 0 bridgehead atoms. The van der Waals surface area contributed by atoms with Crippen LogP contribution in [-0.4, -0.2) is 12.1 Å². The Kier molecular flexibility index (Phi) is 4.84. The van der Waals surface area contributed by atoms with E-state index in [1.807, 2.05) is 32.9 Å². The largest absolute Gasteiger partial charge is 0.487 e. The molecule has 2 nitrogen and oxygen atoms in total. The van der Waals surface area contributed by atoms with Gasteiger partial charge in [-0.1, -0.05) is 24.6 Å². The molecule has 1 N–H and O–H groups in total. The predicted octanol–water partition coefficient (Wildman–Crippen LogP) is 4.19. The van der Waals surface area contributed by atoms with Crippen LogP contribution in [0, 0.1) is 0 Å². The smallest absolute Gasteiger partial charge is 0.138 e. The van der Waals surface area contributed by atoms with E-state index in [1.54, 1.807) is 0 Å². The monoisotopic (exact) mass is 255 g/mol. The second-order valence-electron chi connectivity index (χ2n) is 5.18. The third-order valence-corrected chi connectivity index (χ3v) is 2.68. The minimum Gasteiger partial charge on any atom is -0.487 e. The number of nitrogens with one attached hydrogen (secondary N) is 1. The molecular weight excluding hydrogens is 234 g/mol. The highest BCUT2D eigenvalue weighted by Gasteiger charge is 2.15. The highest BCUT2D eigenvalue weighted by atomic mass is 35.5. The number of hydrogen-bond acceptors (Lipinski definition) is 2. The van der Waals surface area contributed by atoms with Gasteiger partial charge in [0.05, 0.1) is 5.02 Å². The van der Waals surface area contributed by atoms with Crippen molar-refractivity contribution in [2.75, 3.05) is 6.54 Å². The molecule has 0 saturated carbocycles. The minimum atomic E-state index is -0.224. The van der Waals surface area contributed by atoms with Gasteiger partial charge in [-0.2, -0.15) is 0 Å². The molecule has 0 spiro atoms. The van der Waals surface area contributed by atoms with E-state index in [-0.39, 0.29) is 5.60 Å². The van der Waals surface area contributed by atoms with Crippen LogP contribution in [0.15, 0.2) is 18.2 Å². The Morgan fingerprint density at radius 3 is 2.47 bits per heavy atom. The average molecular weight is 256 g/mol. The summed E-state index contributed by atoms with van der Waals surface area (Å²) in [5.74, 6) is 0.742. The summed E-state index contributed by atoms with van der Waals surface area (Å²) < 4.78 is 5.77. The van der Waals surface area contributed by atoms with Gasteiger partial charge in [-0.3, -0.25) is 0 Å². The van der Waals surface area contributed by atoms with Crippen LogP contribution in [0.2, 0.25) is 5.02 Å². The predicted molar refractivity (Wildman–Crippen MR) is 73.9 cm³/mol. The summed E-state index contributed by atoms with van der Waals surface area (Å²) >= 11 is 6.23. The Morgan fingerprint density at radius 1 is 1.35 bits per heavy atom. The summed E-state index contributed by atoms with van der Waals surface area (Å²) in [5.41, 5.74) is 0.955. The van der Waals surface area contributed by atoms with Crippen LogP contribution in [0.3, 0.4) is 0 Å². The van der Waals surface area contributed by atoms with Gasteiger partial charge < -0.3 is 10.1 Å². The Bertz CT molecular complexity index is 371. The molecule has 1 rings (SSSR count). The molecule has 17 heavy (non-hydrogen) atoms. The fourth-order valence-corrected chi connectivity index (χ4v) is 1.85. The first-order valence-corrected chi connectivity index (χ1v) is 6.43. The van der Waals surface area contributed by atoms with Crippen LogP contribution >= 0.6 is 11.6 Å². The van der Waals surface area contributed by atoms with Crippen LogP contribution in [0.5, 0.6) is 5.75 Å². The van der Waals surface area contributed by atoms with Crippen LogP contribution in [0.1, 0.15) is 46.2 Å². The zero-order valence-electron chi connectivity index (χ0n) is 11.3. The highest BCUT2D eigenvalue weighted by molar-refractivity contribution is 6.32. The SMILES string of the molecule is CCNC(C)c1ccc(OC(C)(C)C)c(Cl)c1. The van der Waals surface area contributed by atoms with Gasteiger partial charge in [-0.25, -0.2) is 0 Å². The average Bonchev–Trinajstić information content (AvgIpc) is 2.19. The number of rotatable bonds is 4. The van der Waals surface area contributed by atoms with Crippen LogP contribution in [0.25, 0.3) is 0 Å². The lowest BCUT2D eigenvalue weighted by atomic mass is 10.1. The van der Waals surface area contributed by atoms with E-state index < -0.39 is 0 Å². The van der Waals surface area contributed by atoms with Gasteiger partial charge in [0.25, 0.3) is 0 Å². The normalized spacial score (nSPS) is 13.5. The van der Waals surface area contributed by atoms with Crippen LogP contribution in [-0.2, 0) is 0 Å². The van der Waals surface area contributed by atoms with E-state index in [2.05, 4.69) is 25.2 Å². The van der Waals surface area contributed by atoms with E-state index in [0.29, 0.717) is 11.1 Å². The molecule has 0 radical (unpaired) electrons. The van der Waals surface area contributed by atoms with Gasteiger partial charge in [-0.05, 0) is 51.9 Å². The van der Waals surface area contributed by atoms with Gasteiger partial charge in [0.2, 0.25) is 0 Å². The molecule has 0 aliphatic heterocycles. The minimum absolute atomic E-state index is 0.224. The maximum absolute atomic E-state index is 6.23. The number of halogens is 1. The fraction of sp³-hybridized carbons (Fsp3) is 0.571. The molecule has 0 aliphatic carbocycles. The van der Waals surface area contributed by atoms with Crippen LogP contribution < -0.4 is 10.1 Å². The van der Waals surface area contributed by atoms with Crippen molar-refractivity contribution in [1.82, 2.24) is 5.32 Å². The summed E-state index contributed by atoms with van der Waals surface area (Å²) in [6, 6.07) is 6.27. The number of hydrogen-bond donors (Lipinski definition) is 1. The van der Waals surface area contributed by atoms with E-state index in [1.165, 1.54) is 5.56 Å². The topological polar surface area (TPSA) is 21.3 Å². The van der Waals surface area contributed by atoms with Crippen molar-refractivity contribution in [1.29, 1.82) is 0 Å². The summed E-state index contributed by atoms with van der Waals surface area (Å²) in [6.07, 6.45) is 0. The maximum Gasteiger partial charge on any atom is 0.138 e. The van der Waals surface area contributed by atoms with Crippen molar-refractivity contribution in [3.05, 3.63) is 28.8 Å². The first-order valence-electron chi connectivity index (χ1n) is 6.05. The van der Waals surface area contributed by atoms with Crippen molar-refractivity contribution in [3.8, 4) is 5.75 Å². The standard InChI is InChI=1S/C14H22ClNO/c1-6-16-10(2)11-7-8-13(12(15)9-11)17-14(3,4)5/h7-10,16H,6H2,1-5H3. The number of benzene rings is 1. The second kappa shape index (κ2) is 5.74. The molecule has 0 amide bonds. The third kappa shape index (κ3) is 4.57. The fourth-order valence-electron chi connectivity index (χ4n) is 1.62. The third-order valence-electron chi connectivity index (χ3n) is 2.38. The lowest BCUT2D eigenvalue weighted by Crippen LogP contribution is -2.23. The maximum atomic E-state index is 6.23. The number of ether oxygens (including phenoxy) is 1. The van der Waals surface area contributed by atoms with Crippen molar-refractivity contribution in [3.63, 3.8) is 0 Å². The van der Waals surface area contributed by atoms with Crippen molar-refractivity contribution < 1.29 is 4.74 Å². The lowest BCUT2D eigenvalue weighted by molar-refractivity contribution is 0.131. The Balaban J connectivity index is 2.86. The molecule has 0 aromatic heterocycles. The molecule has 1 aromatic rings. The molecule has 0 aliphatic rings. The first-order chi connectivity index (χ1) is 7.83. The van der Waals surface area contributed by atoms with Gasteiger partial charge in [0, 0.05) is 6.04 Å². The summed E-state index contributed by atoms with van der Waals surface area (Å²) in [4.78, 5) is 0. The van der Waals surface area contributed by atoms with Crippen molar-refractivity contribution >= 4 is 11.6 Å². The Morgan fingerprint density at radius 2 is 2.00 bits per heavy atom. The van der Waals surface area contributed by atoms with Gasteiger partial charge in [0.1, 0.15) is 11.4 Å². The van der Waals surface area contributed by atoms with Crippen molar-refractivity contribution in [2.24, 2.45) is 0 Å². The molecule has 3 heteroatoms. The van der Waals surface area contributed by atoms with Gasteiger partial charge >= 0.3 is 0 Å². The summed E-state index contributed by atoms with van der Waals surface area (Å²) in [6.45, 7) is 11.2. The van der Waals surface area contributed by atoms with E-state index in [4.69, 9.17) is 16.3 Å². The molecule has 1 unspecified atom stereocenters. The Labute approximate surface area is 109 Å². The zero-order valence-corrected chi connectivity index (χ0v) is 12.1. The molecule has 1 atom stereocenters. The summed E-state index contributed by atoms with van der Waals surface area (Å²) in [7, 11) is 0. The summed E-state index contributed by atoms with van der Waals surface area (Å²) in [5, 5.41) is 4.03. The van der Waals surface area contributed by atoms with Gasteiger partial charge in [-0.15, -0.1) is 0 Å². The molecule has 96 valence electrons. The lowest BCUT2D eigenvalue weighted by Gasteiger charge is -2.23. The quantitative estimate of drug-likeness (QED) is 0.871. The molecule has 0 saturated heterocycles. The van der Waals surface area contributed by atoms with Crippen molar-refractivity contribution in [2.45, 2.75) is 46.3 Å². The molecule has 1 aromatic carbocycles. The van der Waals surface area contributed by atoms with Crippen LogP contribution in [0.4, 0.5) is 0 Å². The molecule has 0 heterocycles. The first kappa shape index (κ1) is 14.3.